The first-order chi connectivity index (χ1) is 7.33. The Hall–Kier alpha value is -0.860. The van der Waals surface area contributed by atoms with E-state index >= 15 is 0 Å². The standard InChI is InChI=1S/C13H20O2/c1-3-9-14-10-12(2)15-11-13-7-5-4-6-8-13/h4-8,12H,3,9-11H2,1-2H3. The minimum Gasteiger partial charge on any atom is -0.379 e. The molecule has 1 atom stereocenters. The van der Waals surface area contributed by atoms with Crippen molar-refractivity contribution in [1.82, 2.24) is 0 Å². The van der Waals surface area contributed by atoms with E-state index in [0.29, 0.717) is 13.2 Å². The van der Waals surface area contributed by atoms with Crippen LogP contribution in [0.3, 0.4) is 0 Å². The summed E-state index contributed by atoms with van der Waals surface area (Å²) in [6.45, 7) is 6.31. The van der Waals surface area contributed by atoms with Crippen molar-refractivity contribution in [3.8, 4) is 0 Å². The molecular formula is C13H20O2. The Bertz CT molecular complexity index is 246. The SMILES string of the molecule is CCCOCC(C)OCc1ccccc1. The molecule has 2 heteroatoms. The van der Waals surface area contributed by atoms with Crippen LogP contribution in [0.1, 0.15) is 25.8 Å². The lowest BCUT2D eigenvalue weighted by Gasteiger charge is -2.13. The van der Waals surface area contributed by atoms with Crippen molar-refractivity contribution in [2.75, 3.05) is 13.2 Å². The molecule has 0 saturated carbocycles. The summed E-state index contributed by atoms with van der Waals surface area (Å²) >= 11 is 0. The van der Waals surface area contributed by atoms with Crippen LogP contribution in [0, 0.1) is 0 Å². The van der Waals surface area contributed by atoms with Gasteiger partial charge >= 0.3 is 0 Å². The minimum atomic E-state index is 0.164. The third-order valence-electron chi connectivity index (χ3n) is 2.08. The summed E-state index contributed by atoms with van der Waals surface area (Å²) in [7, 11) is 0. The molecule has 1 unspecified atom stereocenters. The smallest absolute Gasteiger partial charge is 0.0785 e. The Morgan fingerprint density at radius 1 is 1.20 bits per heavy atom. The molecule has 0 amide bonds. The molecule has 0 aromatic heterocycles. The fourth-order valence-corrected chi connectivity index (χ4v) is 1.25. The van der Waals surface area contributed by atoms with Crippen LogP contribution in [-0.2, 0) is 16.1 Å². The highest BCUT2D eigenvalue weighted by molar-refractivity contribution is 5.13. The van der Waals surface area contributed by atoms with Crippen molar-refractivity contribution >= 4 is 0 Å². The zero-order valence-corrected chi connectivity index (χ0v) is 9.61. The fourth-order valence-electron chi connectivity index (χ4n) is 1.25. The van der Waals surface area contributed by atoms with Gasteiger partial charge in [0.1, 0.15) is 0 Å². The first-order valence-corrected chi connectivity index (χ1v) is 5.56. The van der Waals surface area contributed by atoms with E-state index in [0.717, 1.165) is 13.0 Å². The summed E-state index contributed by atoms with van der Waals surface area (Å²) in [5.74, 6) is 0. The summed E-state index contributed by atoms with van der Waals surface area (Å²) in [6.07, 6.45) is 1.22. The maximum atomic E-state index is 5.65. The molecule has 1 rings (SSSR count). The Morgan fingerprint density at radius 2 is 1.93 bits per heavy atom. The van der Waals surface area contributed by atoms with Crippen molar-refractivity contribution in [3.63, 3.8) is 0 Å². The zero-order valence-electron chi connectivity index (χ0n) is 9.61. The fraction of sp³-hybridized carbons (Fsp3) is 0.538. The molecule has 0 aliphatic rings. The van der Waals surface area contributed by atoms with Crippen molar-refractivity contribution in [1.29, 1.82) is 0 Å². The normalized spacial score (nSPS) is 12.7. The topological polar surface area (TPSA) is 18.5 Å². The van der Waals surface area contributed by atoms with Gasteiger partial charge in [0.25, 0.3) is 0 Å². The quantitative estimate of drug-likeness (QED) is 0.641. The zero-order chi connectivity index (χ0) is 10.9. The lowest BCUT2D eigenvalue weighted by Crippen LogP contribution is -2.16. The molecule has 84 valence electrons. The third-order valence-corrected chi connectivity index (χ3v) is 2.08. The van der Waals surface area contributed by atoms with E-state index in [4.69, 9.17) is 9.47 Å². The molecule has 0 N–H and O–H groups in total. The van der Waals surface area contributed by atoms with Gasteiger partial charge in [-0.05, 0) is 18.9 Å². The predicted molar refractivity (Wildman–Crippen MR) is 61.8 cm³/mol. The summed E-state index contributed by atoms with van der Waals surface area (Å²) in [5, 5.41) is 0. The van der Waals surface area contributed by atoms with Crippen LogP contribution in [0.4, 0.5) is 0 Å². The number of benzene rings is 1. The lowest BCUT2D eigenvalue weighted by atomic mass is 10.2. The van der Waals surface area contributed by atoms with Crippen LogP contribution < -0.4 is 0 Å². The largest absolute Gasteiger partial charge is 0.379 e. The second-order valence-electron chi connectivity index (χ2n) is 3.68. The average Bonchev–Trinajstić information content (AvgIpc) is 2.28. The molecule has 1 aromatic carbocycles. The molecule has 0 saturated heterocycles. The van der Waals surface area contributed by atoms with Gasteiger partial charge in [0, 0.05) is 6.61 Å². The van der Waals surface area contributed by atoms with Crippen molar-refractivity contribution in [2.45, 2.75) is 33.0 Å². The van der Waals surface area contributed by atoms with Gasteiger partial charge in [-0.25, -0.2) is 0 Å². The highest BCUT2D eigenvalue weighted by Crippen LogP contribution is 2.03. The molecule has 0 spiro atoms. The summed E-state index contributed by atoms with van der Waals surface area (Å²) < 4.78 is 11.1. The average molecular weight is 208 g/mol. The van der Waals surface area contributed by atoms with Crippen molar-refractivity contribution in [2.24, 2.45) is 0 Å². The lowest BCUT2D eigenvalue weighted by molar-refractivity contribution is -0.0145. The predicted octanol–water partition coefficient (Wildman–Crippen LogP) is 3.02. The molecule has 0 radical (unpaired) electrons. The van der Waals surface area contributed by atoms with Crippen LogP contribution in [-0.4, -0.2) is 19.3 Å². The van der Waals surface area contributed by atoms with E-state index in [1.54, 1.807) is 0 Å². The molecule has 0 bridgehead atoms. The molecular weight excluding hydrogens is 188 g/mol. The Morgan fingerprint density at radius 3 is 2.60 bits per heavy atom. The van der Waals surface area contributed by atoms with Crippen molar-refractivity contribution < 1.29 is 9.47 Å². The number of rotatable bonds is 7. The van der Waals surface area contributed by atoms with Gasteiger partial charge in [-0.2, -0.15) is 0 Å². The second kappa shape index (κ2) is 7.43. The van der Waals surface area contributed by atoms with Gasteiger partial charge in [0.2, 0.25) is 0 Å². The van der Waals surface area contributed by atoms with Gasteiger partial charge in [-0.3, -0.25) is 0 Å². The second-order valence-corrected chi connectivity index (χ2v) is 3.68. The summed E-state index contributed by atoms with van der Waals surface area (Å²) in [5.41, 5.74) is 1.21. The molecule has 15 heavy (non-hydrogen) atoms. The maximum absolute atomic E-state index is 5.65. The van der Waals surface area contributed by atoms with E-state index in [9.17, 15) is 0 Å². The van der Waals surface area contributed by atoms with Crippen LogP contribution in [0.15, 0.2) is 30.3 Å². The first-order valence-electron chi connectivity index (χ1n) is 5.56. The number of hydrogen-bond acceptors (Lipinski definition) is 2. The monoisotopic (exact) mass is 208 g/mol. The van der Waals surface area contributed by atoms with Crippen molar-refractivity contribution in [3.05, 3.63) is 35.9 Å². The molecule has 1 aromatic rings. The van der Waals surface area contributed by atoms with Crippen LogP contribution in [0.5, 0.6) is 0 Å². The van der Waals surface area contributed by atoms with E-state index < -0.39 is 0 Å². The van der Waals surface area contributed by atoms with Gasteiger partial charge in [-0.15, -0.1) is 0 Å². The van der Waals surface area contributed by atoms with Gasteiger partial charge < -0.3 is 9.47 Å². The molecule has 0 fully saturated rings. The minimum absolute atomic E-state index is 0.164. The molecule has 0 aliphatic heterocycles. The Balaban J connectivity index is 2.14. The highest BCUT2D eigenvalue weighted by Gasteiger charge is 2.01. The van der Waals surface area contributed by atoms with Gasteiger partial charge in [0.05, 0.1) is 19.3 Å². The number of hydrogen-bond donors (Lipinski definition) is 0. The van der Waals surface area contributed by atoms with Crippen LogP contribution >= 0.6 is 0 Å². The first kappa shape index (κ1) is 12.2. The summed E-state index contributed by atoms with van der Waals surface area (Å²) in [4.78, 5) is 0. The van der Waals surface area contributed by atoms with E-state index in [-0.39, 0.29) is 6.10 Å². The molecule has 0 aliphatic carbocycles. The Kier molecular flexibility index (Phi) is 6.05. The van der Waals surface area contributed by atoms with Crippen LogP contribution in [0.25, 0.3) is 0 Å². The molecule has 0 heterocycles. The summed E-state index contributed by atoms with van der Waals surface area (Å²) in [6, 6.07) is 10.2. The van der Waals surface area contributed by atoms with E-state index in [1.807, 2.05) is 25.1 Å². The van der Waals surface area contributed by atoms with Gasteiger partial charge in [0.15, 0.2) is 0 Å². The van der Waals surface area contributed by atoms with E-state index in [1.165, 1.54) is 5.56 Å². The molecule has 2 nitrogen and oxygen atoms in total. The highest BCUT2D eigenvalue weighted by atomic mass is 16.5. The van der Waals surface area contributed by atoms with E-state index in [2.05, 4.69) is 19.1 Å². The Labute approximate surface area is 92.2 Å². The number of ether oxygens (including phenoxy) is 2. The van der Waals surface area contributed by atoms with Crippen LogP contribution in [0.2, 0.25) is 0 Å². The third kappa shape index (κ3) is 5.55. The van der Waals surface area contributed by atoms with Gasteiger partial charge in [-0.1, -0.05) is 37.3 Å². The maximum Gasteiger partial charge on any atom is 0.0785 e.